The summed E-state index contributed by atoms with van der Waals surface area (Å²) in [5.74, 6) is -0.644. The molecular formula is C26H24N4O2S. The molecule has 0 radical (unpaired) electrons. The Balaban J connectivity index is 1.50. The quantitative estimate of drug-likeness (QED) is 0.418. The fourth-order valence-electron chi connectivity index (χ4n) is 3.28. The maximum atomic E-state index is 13.1. The molecule has 0 aliphatic rings. The first-order valence-corrected chi connectivity index (χ1v) is 11.4. The Morgan fingerprint density at radius 3 is 2.15 bits per heavy atom. The van der Waals surface area contributed by atoms with Gasteiger partial charge in [0.25, 0.3) is 5.91 Å². The highest BCUT2D eigenvalue weighted by Gasteiger charge is 2.23. The standard InChI is InChI=1S/C26H24N4O2S/c1-17-8-12-20(13-9-17)23(31)27-22(16-19-6-4-3-5-7-19)24(32)28-26-30-29-25(33-26)21-14-10-18(2)11-15-21/h3-15,22H,16H2,1-2H3,(H,27,31)(H,28,30,32). The molecule has 0 spiro atoms. The average molecular weight is 457 g/mol. The summed E-state index contributed by atoms with van der Waals surface area (Å²) in [5.41, 5.74) is 4.60. The molecular weight excluding hydrogens is 432 g/mol. The van der Waals surface area contributed by atoms with Crippen LogP contribution in [0.15, 0.2) is 78.9 Å². The van der Waals surface area contributed by atoms with E-state index in [1.807, 2.05) is 80.6 Å². The Bertz CT molecular complexity index is 1240. The number of amides is 2. The molecule has 1 atom stereocenters. The third kappa shape index (κ3) is 5.90. The molecule has 4 rings (SSSR count). The number of anilines is 1. The van der Waals surface area contributed by atoms with E-state index < -0.39 is 6.04 Å². The van der Waals surface area contributed by atoms with Crippen molar-refractivity contribution in [3.8, 4) is 10.6 Å². The summed E-state index contributed by atoms with van der Waals surface area (Å²) in [4.78, 5) is 26.0. The van der Waals surface area contributed by atoms with Crippen molar-refractivity contribution in [1.82, 2.24) is 15.5 Å². The van der Waals surface area contributed by atoms with E-state index in [9.17, 15) is 9.59 Å². The van der Waals surface area contributed by atoms with Gasteiger partial charge in [0.1, 0.15) is 11.0 Å². The van der Waals surface area contributed by atoms with Crippen molar-refractivity contribution in [2.45, 2.75) is 26.3 Å². The minimum absolute atomic E-state index is 0.302. The Morgan fingerprint density at radius 2 is 1.48 bits per heavy atom. The van der Waals surface area contributed by atoms with Crippen LogP contribution in [0, 0.1) is 13.8 Å². The second-order valence-corrected chi connectivity index (χ2v) is 8.83. The van der Waals surface area contributed by atoms with E-state index in [1.165, 1.54) is 11.3 Å². The lowest BCUT2D eigenvalue weighted by atomic mass is 10.0. The van der Waals surface area contributed by atoms with Crippen molar-refractivity contribution >= 4 is 28.3 Å². The summed E-state index contributed by atoms with van der Waals surface area (Å²) in [6, 6.07) is 24.0. The Morgan fingerprint density at radius 1 is 0.848 bits per heavy atom. The van der Waals surface area contributed by atoms with Gasteiger partial charge in [0, 0.05) is 17.5 Å². The van der Waals surface area contributed by atoms with Crippen LogP contribution in [0.1, 0.15) is 27.0 Å². The molecule has 2 amide bonds. The fourth-order valence-corrected chi connectivity index (χ4v) is 4.04. The van der Waals surface area contributed by atoms with Crippen LogP contribution in [0.2, 0.25) is 0 Å². The molecule has 0 saturated carbocycles. The maximum absolute atomic E-state index is 13.1. The topological polar surface area (TPSA) is 84.0 Å². The normalized spacial score (nSPS) is 11.6. The molecule has 3 aromatic carbocycles. The summed E-state index contributed by atoms with van der Waals surface area (Å²) in [7, 11) is 0. The first-order valence-electron chi connectivity index (χ1n) is 10.6. The predicted octanol–water partition coefficient (Wildman–Crippen LogP) is 4.80. The van der Waals surface area contributed by atoms with E-state index in [-0.39, 0.29) is 11.8 Å². The fraction of sp³-hybridized carbons (Fsp3) is 0.154. The van der Waals surface area contributed by atoms with Gasteiger partial charge in [-0.15, -0.1) is 10.2 Å². The second kappa shape index (κ2) is 10.2. The molecule has 0 aliphatic carbocycles. The third-order valence-electron chi connectivity index (χ3n) is 5.17. The van der Waals surface area contributed by atoms with E-state index in [1.54, 1.807) is 12.1 Å². The van der Waals surface area contributed by atoms with Gasteiger partial charge in [0.2, 0.25) is 11.0 Å². The van der Waals surface area contributed by atoms with Gasteiger partial charge in [-0.3, -0.25) is 14.9 Å². The third-order valence-corrected chi connectivity index (χ3v) is 6.06. The number of carbonyl (C=O) groups excluding carboxylic acids is 2. The number of nitrogens with one attached hydrogen (secondary N) is 2. The van der Waals surface area contributed by atoms with E-state index in [2.05, 4.69) is 20.8 Å². The van der Waals surface area contributed by atoms with Gasteiger partial charge >= 0.3 is 0 Å². The van der Waals surface area contributed by atoms with Crippen molar-refractivity contribution < 1.29 is 9.59 Å². The molecule has 0 fully saturated rings. The zero-order valence-corrected chi connectivity index (χ0v) is 19.2. The van der Waals surface area contributed by atoms with Gasteiger partial charge in [0.05, 0.1) is 0 Å². The van der Waals surface area contributed by atoms with Gasteiger partial charge in [-0.1, -0.05) is 89.2 Å². The molecule has 2 N–H and O–H groups in total. The smallest absolute Gasteiger partial charge is 0.251 e. The Hall–Kier alpha value is -3.84. The van der Waals surface area contributed by atoms with E-state index in [4.69, 9.17) is 0 Å². The van der Waals surface area contributed by atoms with Crippen molar-refractivity contribution in [2.24, 2.45) is 0 Å². The van der Waals surface area contributed by atoms with Gasteiger partial charge in [-0.25, -0.2) is 0 Å². The number of hydrogen-bond acceptors (Lipinski definition) is 5. The predicted molar refractivity (Wildman–Crippen MR) is 131 cm³/mol. The minimum Gasteiger partial charge on any atom is -0.340 e. The lowest BCUT2D eigenvalue weighted by molar-refractivity contribution is -0.118. The van der Waals surface area contributed by atoms with Gasteiger partial charge in [-0.05, 0) is 31.5 Å². The molecule has 6 nitrogen and oxygen atoms in total. The number of benzene rings is 3. The highest BCUT2D eigenvalue weighted by molar-refractivity contribution is 7.18. The number of hydrogen-bond donors (Lipinski definition) is 2. The summed E-state index contributed by atoms with van der Waals surface area (Å²) in [6.45, 7) is 3.98. The number of nitrogens with zero attached hydrogens (tertiary/aromatic N) is 2. The largest absolute Gasteiger partial charge is 0.340 e. The molecule has 1 aromatic heterocycles. The molecule has 166 valence electrons. The molecule has 4 aromatic rings. The molecule has 33 heavy (non-hydrogen) atoms. The van der Waals surface area contributed by atoms with E-state index in [0.29, 0.717) is 22.1 Å². The van der Waals surface area contributed by atoms with E-state index in [0.717, 1.165) is 22.3 Å². The SMILES string of the molecule is Cc1ccc(C(=O)NC(Cc2ccccc2)C(=O)Nc2nnc(-c3ccc(C)cc3)s2)cc1. The van der Waals surface area contributed by atoms with Crippen molar-refractivity contribution in [1.29, 1.82) is 0 Å². The molecule has 0 saturated heterocycles. The lowest BCUT2D eigenvalue weighted by Gasteiger charge is -2.18. The van der Waals surface area contributed by atoms with E-state index >= 15 is 0 Å². The van der Waals surface area contributed by atoms with Crippen LogP contribution in [-0.4, -0.2) is 28.1 Å². The Kier molecular flexibility index (Phi) is 6.90. The van der Waals surface area contributed by atoms with Crippen LogP contribution in [-0.2, 0) is 11.2 Å². The molecule has 1 unspecified atom stereocenters. The number of rotatable bonds is 7. The number of aromatic nitrogens is 2. The summed E-state index contributed by atoms with van der Waals surface area (Å²) in [6.07, 6.45) is 0.355. The van der Waals surface area contributed by atoms with Crippen molar-refractivity contribution in [3.05, 3.63) is 101 Å². The van der Waals surface area contributed by atoms with Crippen molar-refractivity contribution in [2.75, 3.05) is 5.32 Å². The molecule has 7 heteroatoms. The zero-order valence-electron chi connectivity index (χ0n) is 18.4. The first-order chi connectivity index (χ1) is 16.0. The van der Waals surface area contributed by atoms with Gasteiger partial charge < -0.3 is 5.32 Å². The zero-order chi connectivity index (χ0) is 23.2. The summed E-state index contributed by atoms with van der Waals surface area (Å²) in [5, 5.41) is 15.1. The number of aryl methyl sites for hydroxylation is 2. The second-order valence-electron chi connectivity index (χ2n) is 7.85. The highest BCUT2D eigenvalue weighted by atomic mass is 32.1. The minimum atomic E-state index is -0.770. The van der Waals surface area contributed by atoms with Crippen molar-refractivity contribution in [3.63, 3.8) is 0 Å². The van der Waals surface area contributed by atoms with Crippen LogP contribution < -0.4 is 10.6 Å². The van der Waals surface area contributed by atoms with Crippen LogP contribution in [0.25, 0.3) is 10.6 Å². The first kappa shape index (κ1) is 22.4. The number of carbonyl (C=O) groups is 2. The van der Waals surface area contributed by atoms with Gasteiger partial charge in [-0.2, -0.15) is 0 Å². The van der Waals surface area contributed by atoms with Crippen LogP contribution in [0.3, 0.4) is 0 Å². The maximum Gasteiger partial charge on any atom is 0.251 e. The van der Waals surface area contributed by atoms with Crippen LogP contribution in [0.5, 0.6) is 0 Å². The lowest BCUT2D eigenvalue weighted by Crippen LogP contribution is -2.45. The average Bonchev–Trinajstić information content (AvgIpc) is 3.28. The summed E-state index contributed by atoms with van der Waals surface area (Å²) >= 11 is 1.29. The van der Waals surface area contributed by atoms with Crippen LogP contribution in [0.4, 0.5) is 5.13 Å². The Labute approximate surface area is 196 Å². The van der Waals surface area contributed by atoms with Gasteiger partial charge in [0.15, 0.2) is 0 Å². The molecule has 1 heterocycles. The summed E-state index contributed by atoms with van der Waals surface area (Å²) < 4.78 is 0. The molecule has 0 bridgehead atoms. The highest BCUT2D eigenvalue weighted by Crippen LogP contribution is 2.26. The van der Waals surface area contributed by atoms with Crippen LogP contribution >= 0.6 is 11.3 Å². The monoisotopic (exact) mass is 456 g/mol. The molecule has 0 aliphatic heterocycles.